The zero-order chi connectivity index (χ0) is 18.6. The highest BCUT2D eigenvalue weighted by Crippen LogP contribution is 2.24. The Morgan fingerprint density at radius 1 is 1.14 bits per heavy atom. The van der Waals surface area contributed by atoms with E-state index in [2.05, 4.69) is 62.3 Å². The summed E-state index contributed by atoms with van der Waals surface area (Å²) in [5, 5.41) is 3.22. The van der Waals surface area contributed by atoms with Crippen molar-refractivity contribution < 1.29 is 0 Å². The van der Waals surface area contributed by atoms with Crippen LogP contribution in [0.2, 0.25) is 0 Å². The third kappa shape index (κ3) is 4.92. The van der Waals surface area contributed by atoms with Crippen molar-refractivity contribution in [3.8, 4) is 0 Å². The first-order valence-electron chi connectivity index (χ1n) is 9.42. The molecule has 0 saturated carbocycles. The van der Waals surface area contributed by atoms with Gasteiger partial charge in [-0.2, -0.15) is 0 Å². The zero-order valence-corrected chi connectivity index (χ0v) is 18.4. The number of anilines is 1. The summed E-state index contributed by atoms with van der Waals surface area (Å²) in [6.07, 6.45) is 7.42. The van der Waals surface area contributed by atoms with Crippen LogP contribution in [0, 0.1) is 6.92 Å². The number of aryl methyl sites for hydroxylation is 3. The van der Waals surface area contributed by atoms with Gasteiger partial charge in [-0.15, -0.1) is 24.0 Å². The Bertz CT molecular complexity index is 977. The highest BCUT2D eigenvalue weighted by molar-refractivity contribution is 14.0. The lowest BCUT2D eigenvalue weighted by Gasteiger charge is -2.09. The molecule has 0 aliphatic heterocycles. The lowest BCUT2D eigenvalue weighted by atomic mass is 10.1. The second kappa shape index (κ2) is 9.23. The van der Waals surface area contributed by atoms with E-state index in [1.165, 1.54) is 29.5 Å². The number of guanidine groups is 1. The van der Waals surface area contributed by atoms with Crippen molar-refractivity contribution in [3.05, 3.63) is 82.9 Å². The first-order chi connectivity index (χ1) is 13.2. The molecule has 0 atom stereocenters. The lowest BCUT2D eigenvalue weighted by Crippen LogP contribution is -2.22. The van der Waals surface area contributed by atoms with Crippen molar-refractivity contribution in [1.29, 1.82) is 0 Å². The maximum atomic E-state index is 6.09. The molecule has 146 valence electrons. The van der Waals surface area contributed by atoms with Crippen LogP contribution in [0.1, 0.15) is 34.5 Å². The van der Waals surface area contributed by atoms with Crippen LogP contribution < -0.4 is 11.1 Å². The number of fused-ring (bicyclic) bond motifs is 1. The van der Waals surface area contributed by atoms with Gasteiger partial charge in [-0.1, -0.05) is 30.3 Å². The van der Waals surface area contributed by atoms with Gasteiger partial charge < -0.3 is 15.6 Å². The van der Waals surface area contributed by atoms with Gasteiger partial charge in [-0.25, -0.2) is 9.98 Å². The van der Waals surface area contributed by atoms with Crippen molar-refractivity contribution in [1.82, 2.24) is 9.55 Å². The summed E-state index contributed by atoms with van der Waals surface area (Å²) in [7, 11) is 0. The third-order valence-electron chi connectivity index (χ3n) is 5.07. The van der Waals surface area contributed by atoms with Crippen LogP contribution >= 0.6 is 24.0 Å². The number of nitrogens with zero attached hydrogens (tertiary/aromatic N) is 3. The van der Waals surface area contributed by atoms with Gasteiger partial charge in [0.2, 0.25) is 0 Å². The molecule has 1 heterocycles. The van der Waals surface area contributed by atoms with E-state index in [4.69, 9.17) is 5.73 Å². The van der Waals surface area contributed by atoms with Gasteiger partial charge in [0.15, 0.2) is 5.96 Å². The van der Waals surface area contributed by atoms with E-state index >= 15 is 0 Å². The highest BCUT2D eigenvalue weighted by atomic mass is 127. The van der Waals surface area contributed by atoms with Crippen molar-refractivity contribution in [2.75, 3.05) is 5.32 Å². The highest BCUT2D eigenvalue weighted by Gasteiger charge is 2.10. The summed E-state index contributed by atoms with van der Waals surface area (Å²) in [5.74, 6) is 1.46. The number of imidazole rings is 1. The van der Waals surface area contributed by atoms with E-state index < -0.39 is 0 Å². The van der Waals surface area contributed by atoms with Crippen LogP contribution in [0.25, 0.3) is 0 Å². The molecule has 0 amide bonds. The molecule has 0 unspecified atom stereocenters. The molecule has 4 rings (SSSR count). The van der Waals surface area contributed by atoms with Gasteiger partial charge in [-0.3, -0.25) is 0 Å². The fraction of sp³-hybridized carbons (Fsp3) is 0.273. The van der Waals surface area contributed by atoms with Crippen molar-refractivity contribution in [3.63, 3.8) is 0 Å². The molecule has 1 aromatic heterocycles. The number of halogens is 1. The standard InChI is InChI=1S/C22H25N5.HI/c1-16-24-10-11-27(16)15-18-5-2-4-17(12-18)14-25-22(23)26-21-9-8-19-6-3-7-20(19)13-21;/h2,4-5,8-13H,3,6-7,14-15H2,1H3,(H3,23,25,26);1H. The number of rotatable bonds is 5. The van der Waals surface area contributed by atoms with Crippen LogP contribution in [0.4, 0.5) is 5.69 Å². The molecule has 0 radical (unpaired) electrons. The number of hydrogen-bond donors (Lipinski definition) is 2. The van der Waals surface area contributed by atoms with Crippen molar-refractivity contribution in [2.45, 2.75) is 39.3 Å². The van der Waals surface area contributed by atoms with Crippen LogP contribution in [0.3, 0.4) is 0 Å². The minimum atomic E-state index is 0. The SMILES string of the molecule is Cc1nccn1Cc1cccc(CN=C(N)Nc2ccc3c(c2)CCC3)c1.I. The van der Waals surface area contributed by atoms with Crippen molar-refractivity contribution in [2.24, 2.45) is 10.7 Å². The second-order valence-corrected chi connectivity index (χ2v) is 7.09. The van der Waals surface area contributed by atoms with Crippen molar-refractivity contribution >= 4 is 35.6 Å². The van der Waals surface area contributed by atoms with Gasteiger partial charge in [0.25, 0.3) is 0 Å². The molecule has 0 saturated heterocycles. The predicted octanol–water partition coefficient (Wildman–Crippen LogP) is 4.27. The minimum Gasteiger partial charge on any atom is -0.370 e. The van der Waals surface area contributed by atoms with E-state index in [-0.39, 0.29) is 24.0 Å². The molecule has 3 aromatic rings. The molecule has 0 fully saturated rings. The molecule has 3 N–H and O–H groups in total. The second-order valence-electron chi connectivity index (χ2n) is 7.09. The molecular weight excluding hydrogens is 461 g/mol. The average Bonchev–Trinajstić information content (AvgIpc) is 3.29. The monoisotopic (exact) mass is 487 g/mol. The molecule has 0 bridgehead atoms. The number of nitrogens with one attached hydrogen (secondary N) is 1. The molecular formula is C22H26IN5. The molecule has 6 heteroatoms. The Hall–Kier alpha value is -2.35. The number of aromatic nitrogens is 2. The number of benzene rings is 2. The predicted molar refractivity (Wildman–Crippen MR) is 125 cm³/mol. The summed E-state index contributed by atoms with van der Waals surface area (Å²) in [6, 6.07) is 14.9. The van der Waals surface area contributed by atoms with Crippen LogP contribution in [-0.2, 0) is 25.9 Å². The summed E-state index contributed by atoms with van der Waals surface area (Å²) in [6.45, 7) is 3.38. The summed E-state index contributed by atoms with van der Waals surface area (Å²) >= 11 is 0. The van der Waals surface area contributed by atoms with E-state index in [0.29, 0.717) is 12.5 Å². The summed E-state index contributed by atoms with van der Waals surface area (Å²) in [5.41, 5.74) is 12.4. The Labute approximate surface area is 183 Å². The van der Waals surface area contributed by atoms with Gasteiger partial charge in [-0.05, 0) is 60.6 Å². The van der Waals surface area contributed by atoms with Gasteiger partial charge in [0, 0.05) is 24.6 Å². The topological polar surface area (TPSA) is 68.2 Å². The molecule has 28 heavy (non-hydrogen) atoms. The Morgan fingerprint density at radius 2 is 1.96 bits per heavy atom. The number of aliphatic imine (C=N–C) groups is 1. The lowest BCUT2D eigenvalue weighted by molar-refractivity contribution is 0.760. The first-order valence-corrected chi connectivity index (χ1v) is 9.42. The summed E-state index contributed by atoms with van der Waals surface area (Å²) < 4.78 is 2.13. The Kier molecular flexibility index (Phi) is 6.72. The number of nitrogens with two attached hydrogens (primary N) is 1. The molecule has 2 aromatic carbocycles. The quantitative estimate of drug-likeness (QED) is 0.321. The maximum absolute atomic E-state index is 6.09. The smallest absolute Gasteiger partial charge is 0.193 e. The number of hydrogen-bond acceptors (Lipinski definition) is 2. The Morgan fingerprint density at radius 3 is 2.79 bits per heavy atom. The molecule has 5 nitrogen and oxygen atoms in total. The van der Waals surface area contributed by atoms with E-state index in [0.717, 1.165) is 30.0 Å². The zero-order valence-electron chi connectivity index (χ0n) is 16.1. The average molecular weight is 487 g/mol. The van der Waals surface area contributed by atoms with E-state index in [9.17, 15) is 0 Å². The van der Waals surface area contributed by atoms with Crippen LogP contribution in [0.15, 0.2) is 59.9 Å². The Balaban J connectivity index is 0.00000225. The van der Waals surface area contributed by atoms with Gasteiger partial charge >= 0.3 is 0 Å². The van der Waals surface area contributed by atoms with Gasteiger partial charge in [0.05, 0.1) is 6.54 Å². The third-order valence-corrected chi connectivity index (χ3v) is 5.07. The van der Waals surface area contributed by atoms with Crippen LogP contribution in [0.5, 0.6) is 0 Å². The van der Waals surface area contributed by atoms with Gasteiger partial charge in [0.1, 0.15) is 5.82 Å². The van der Waals surface area contributed by atoms with Crippen LogP contribution in [-0.4, -0.2) is 15.5 Å². The first kappa shape index (κ1) is 20.4. The molecule has 0 spiro atoms. The normalized spacial score (nSPS) is 13.1. The maximum Gasteiger partial charge on any atom is 0.193 e. The van der Waals surface area contributed by atoms with E-state index in [1.807, 2.05) is 19.3 Å². The minimum absolute atomic E-state index is 0. The summed E-state index contributed by atoms with van der Waals surface area (Å²) in [4.78, 5) is 8.78. The molecule has 1 aliphatic carbocycles. The fourth-order valence-corrected chi connectivity index (χ4v) is 3.61. The molecule has 1 aliphatic rings. The fourth-order valence-electron chi connectivity index (χ4n) is 3.61. The largest absolute Gasteiger partial charge is 0.370 e. The van der Waals surface area contributed by atoms with E-state index in [1.54, 1.807) is 0 Å².